The molecule has 10 heavy (non-hydrogen) atoms. The Kier molecular flexibility index (Phi) is 2.11. The zero-order valence-electron chi connectivity index (χ0n) is 6.51. The van der Waals surface area contributed by atoms with E-state index in [1.54, 1.807) is 0 Å². The van der Waals surface area contributed by atoms with E-state index in [9.17, 15) is 5.11 Å². The van der Waals surface area contributed by atoms with E-state index in [1.165, 1.54) is 0 Å². The van der Waals surface area contributed by atoms with Crippen molar-refractivity contribution < 1.29 is 5.11 Å². The van der Waals surface area contributed by atoms with E-state index >= 15 is 0 Å². The first-order chi connectivity index (χ1) is 4.64. The second-order valence-electron chi connectivity index (χ2n) is 3.28. The Morgan fingerprint density at radius 2 is 2.30 bits per heavy atom. The van der Waals surface area contributed by atoms with Gasteiger partial charge in [0.1, 0.15) is 0 Å². The van der Waals surface area contributed by atoms with E-state index in [4.69, 9.17) is 0 Å². The maximum absolute atomic E-state index is 9.32. The number of rotatable bonds is 3. The number of aliphatic hydroxyl groups is 1. The minimum atomic E-state index is -0.416. The van der Waals surface area contributed by atoms with Gasteiger partial charge < -0.3 is 5.11 Å². The van der Waals surface area contributed by atoms with Gasteiger partial charge in [0.15, 0.2) is 0 Å². The largest absolute Gasteiger partial charge is 0.388 e. The highest BCUT2D eigenvalue weighted by Crippen LogP contribution is 2.19. The van der Waals surface area contributed by atoms with Crippen molar-refractivity contribution in [3.63, 3.8) is 0 Å². The van der Waals surface area contributed by atoms with Crippen LogP contribution in [0.5, 0.6) is 0 Å². The van der Waals surface area contributed by atoms with Gasteiger partial charge in [-0.15, -0.1) is 6.58 Å². The average Bonchev–Trinajstić information content (AvgIpc) is 1.78. The van der Waals surface area contributed by atoms with Gasteiger partial charge in [-0.1, -0.05) is 6.08 Å². The molecule has 1 saturated heterocycles. The topological polar surface area (TPSA) is 23.5 Å². The normalized spacial score (nSPS) is 23.8. The van der Waals surface area contributed by atoms with Crippen molar-refractivity contribution in [2.24, 2.45) is 0 Å². The van der Waals surface area contributed by atoms with Crippen molar-refractivity contribution in [2.45, 2.75) is 18.9 Å². The summed E-state index contributed by atoms with van der Waals surface area (Å²) < 4.78 is 0. The molecule has 1 N–H and O–H groups in total. The minimum absolute atomic E-state index is 0.416. The van der Waals surface area contributed by atoms with Gasteiger partial charge in [-0.2, -0.15) is 0 Å². The van der Waals surface area contributed by atoms with Gasteiger partial charge >= 0.3 is 0 Å². The molecule has 0 aliphatic carbocycles. The molecule has 0 atom stereocenters. The summed E-state index contributed by atoms with van der Waals surface area (Å²) in [6.45, 7) is 8.19. The molecule has 1 heterocycles. The first-order valence-corrected chi connectivity index (χ1v) is 3.70. The van der Waals surface area contributed by atoms with Crippen LogP contribution in [0.2, 0.25) is 0 Å². The molecule has 1 aliphatic heterocycles. The van der Waals surface area contributed by atoms with Crippen molar-refractivity contribution in [3.05, 3.63) is 12.7 Å². The van der Waals surface area contributed by atoms with Crippen LogP contribution in [0.4, 0.5) is 0 Å². The van der Waals surface area contributed by atoms with Crippen LogP contribution in [0.3, 0.4) is 0 Å². The minimum Gasteiger partial charge on any atom is -0.388 e. The van der Waals surface area contributed by atoms with Gasteiger partial charge in [0.05, 0.1) is 5.60 Å². The third-order valence-electron chi connectivity index (χ3n) is 1.78. The summed E-state index contributed by atoms with van der Waals surface area (Å²) in [5, 5.41) is 9.32. The first kappa shape index (κ1) is 7.76. The molecule has 2 heteroatoms. The second-order valence-corrected chi connectivity index (χ2v) is 3.28. The highest BCUT2D eigenvalue weighted by Gasteiger charge is 2.35. The van der Waals surface area contributed by atoms with Crippen molar-refractivity contribution in [2.75, 3.05) is 19.6 Å². The molecule has 1 aliphatic rings. The lowest BCUT2D eigenvalue weighted by molar-refractivity contribution is -0.0821. The molecule has 0 aromatic rings. The van der Waals surface area contributed by atoms with E-state index in [0.29, 0.717) is 0 Å². The summed E-state index contributed by atoms with van der Waals surface area (Å²) in [5.74, 6) is 0. The van der Waals surface area contributed by atoms with Crippen LogP contribution in [0.1, 0.15) is 13.3 Å². The van der Waals surface area contributed by atoms with E-state index in [0.717, 1.165) is 26.1 Å². The van der Waals surface area contributed by atoms with Crippen LogP contribution in [0.25, 0.3) is 0 Å². The fourth-order valence-corrected chi connectivity index (χ4v) is 1.35. The molecule has 0 spiro atoms. The molecule has 1 fully saturated rings. The van der Waals surface area contributed by atoms with Crippen molar-refractivity contribution >= 4 is 0 Å². The smallest absolute Gasteiger partial charge is 0.0872 e. The maximum Gasteiger partial charge on any atom is 0.0872 e. The van der Waals surface area contributed by atoms with Crippen LogP contribution in [0.15, 0.2) is 12.7 Å². The molecule has 0 saturated carbocycles. The molecule has 0 aromatic carbocycles. The van der Waals surface area contributed by atoms with E-state index < -0.39 is 5.60 Å². The van der Waals surface area contributed by atoms with Gasteiger partial charge in [0.2, 0.25) is 0 Å². The SMILES string of the molecule is C=CCCN1CC(C)(O)C1. The van der Waals surface area contributed by atoms with Gasteiger partial charge in [-0.25, -0.2) is 0 Å². The van der Waals surface area contributed by atoms with Gasteiger partial charge in [0.25, 0.3) is 0 Å². The monoisotopic (exact) mass is 141 g/mol. The Labute approximate surface area is 62.2 Å². The van der Waals surface area contributed by atoms with Crippen molar-refractivity contribution in [1.29, 1.82) is 0 Å². The first-order valence-electron chi connectivity index (χ1n) is 3.70. The van der Waals surface area contributed by atoms with Crippen LogP contribution >= 0.6 is 0 Å². The lowest BCUT2D eigenvalue weighted by Gasteiger charge is -2.44. The third kappa shape index (κ3) is 1.82. The molecule has 0 amide bonds. The summed E-state index contributed by atoms with van der Waals surface area (Å²) in [6.07, 6.45) is 2.93. The zero-order valence-corrected chi connectivity index (χ0v) is 6.51. The molecule has 2 nitrogen and oxygen atoms in total. The predicted molar refractivity (Wildman–Crippen MR) is 41.9 cm³/mol. The number of hydrogen-bond acceptors (Lipinski definition) is 2. The van der Waals surface area contributed by atoms with Gasteiger partial charge in [-0.3, -0.25) is 4.90 Å². The Bertz CT molecular complexity index is 123. The number of likely N-dealkylation sites (tertiary alicyclic amines) is 1. The van der Waals surface area contributed by atoms with Crippen molar-refractivity contribution in [1.82, 2.24) is 4.90 Å². The summed E-state index contributed by atoms with van der Waals surface area (Å²) in [6, 6.07) is 0. The fraction of sp³-hybridized carbons (Fsp3) is 0.750. The number of hydrogen-bond donors (Lipinski definition) is 1. The third-order valence-corrected chi connectivity index (χ3v) is 1.78. The van der Waals surface area contributed by atoms with E-state index in [1.807, 2.05) is 13.0 Å². The molecular weight excluding hydrogens is 126 g/mol. The fourth-order valence-electron chi connectivity index (χ4n) is 1.35. The molecule has 1 rings (SSSR count). The van der Waals surface area contributed by atoms with Crippen LogP contribution in [-0.4, -0.2) is 35.2 Å². The van der Waals surface area contributed by atoms with Gasteiger partial charge in [-0.05, 0) is 13.3 Å². The van der Waals surface area contributed by atoms with Crippen LogP contribution < -0.4 is 0 Å². The second kappa shape index (κ2) is 2.72. The van der Waals surface area contributed by atoms with E-state index in [2.05, 4.69) is 11.5 Å². The molecule has 0 unspecified atom stereocenters. The summed E-state index contributed by atoms with van der Waals surface area (Å²) >= 11 is 0. The van der Waals surface area contributed by atoms with Crippen molar-refractivity contribution in [3.8, 4) is 0 Å². The number of nitrogens with zero attached hydrogens (tertiary/aromatic N) is 1. The Morgan fingerprint density at radius 1 is 1.70 bits per heavy atom. The van der Waals surface area contributed by atoms with Gasteiger partial charge in [0, 0.05) is 19.6 Å². The molecule has 0 radical (unpaired) electrons. The highest BCUT2D eigenvalue weighted by molar-refractivity contribution is 4.91. The standard InChI is InChI=1S/C8H15NO/c1-3-4-5-9-6-8(2,10)7-9/h3,10H,1,4-7H2,2H3. The molecule has 0 bridgehead atoms. The summed E-state index contributed by atoms with van der Waals surface area (Å²) in [5.41, 5.74) is -0.416. The summed E-state index contributed by atoms with van der Waals surface area (Å²) in [4.78, 5) is 2.22. The molecular formula is C8H15NO. The molecule has 58 valence electrons. The zero-order chi connectivity index (χ0) is 7.61. The predicted octanol–water partition coefficient (Wildman–Crippen LogP) is 0.629. The number of β-amino-alcohol motifs (C(OH)–C–C–N with tert-alkyl or cyclic N) is 1. The summed E-state index contributed by atoms with van der Waals surface area (Å²) in [7, 11) is 0. The van der Waals surface area contributed by atoms with Crippen LogP contribution in [0, 0.1) is 0 Å². The quantitative estimate of drug-likeness (QED) is 0.583. The maximum atomic E-state index is 9.32. The molecule has 0 aromatic heterocycles. The van der Waals surface area contributed by atoms with E-state index in [-0.39, 0.29) is 0 Å². The highest BCUT2D eigenvalue weighted by atomic mass is 16.3. The average molecular weight is 141 g/mol. The Morgan fingerprint density at radius 3 is 2.70 bits per heavy atom. The lowest BCUT2D eigenvalue weighted by Crippen LogP contribution is -2.59. The van der Waals surface area contributed by atoms with Crippen LogP contribution in [-0.2, 0) is 0 Å². The lowest BCUT2D eigenvalue weighted by atomic mass is 9.97. The Balaban J connectivity index is 2.08. The Hall–Kier alpha value is -0.340.